The summed E-state index contributed by atoms with van der Waals surface area (Å²) in [5, 5.41) is 66.1. The molecular weight excluding hydrogens is 953 g/mol. The summed E-state index contributed by atoms with van der Waals surface area (Å²) in [5.74, 6) is 0. The molecule has 0 saturated carbocycles. The predicted molar refractivity (Wildman–Crippen MR) is 228 cm³/mol. The number of rotatable bonds is 14. The van der Waals surface area contributed by atoms with Crippen molar-refractivity contribution in [2.75, 3.05) is 0 Å². The predicted octanol–water partition coefficient (Wildman–Crippen LogP) is 8.55. The maximum atomic E-state index is 13.0. The Morgan fingerprint density at radius 2 is 0.591 bits per heavy atom. The van der Waals surface area contributed by atoms with E-state index >= 15 is 0 Å². The van der Waals surface area contributed by atoms with Crippen molar-refractivity contribution in [3.8, 4) is 0 Å². The van der Waals surface area contributed by atoms with Crippen molar-refractivity contribution >= 4 is 98.1 Å². The minimum absolute atomic E-state index is 0.00479. The summed E-state index contributed by atoms with van der Waals surface area (Å²) < 4.78 is 133. The van der Waals surface area contributed by atoms with Crippen molar-refractivity contribution in [3.05, 3.63) is 165 Å². The van der Waals surface area contributed by atoms with Crippen LogP contribution in [0.1, 0.15) is 11.1 Å². The van der Waals surface area contributed by atoms with Crippen LogP contribution in [0.5, 0.6) is 0 Å². The van der Waals surface area contributed by atoms with Gasteiger partial charge in [0.05, 0.1) is 9.79 Å². The van der Waals surface area contributed by atoms with E-state index in [1.807, 2.05) is 0 Å². The molecule has 0 fully saturated rings. The van der Waals surface area contributed by atoms with E-state index in [4.69, 9.17) is 9.11 Å². The molecule has 0 aromatic heterocycles. The lowest BCUT2D eigenvalue weighted by Crippen LogP contribution is -2.03. The summed E-state index contributed by atoms with van der Waals surface area (Å²) in [6, 6.07) is 24.6. The summed E-state index contributed by atoms with van der Waals surface area (Å²) in [4.78, 5) is -2.08. The molecule has 28 heteroatoms. The van der Waals surface area contributed by atoms with Crippen molar-refractivity contribution in [1.82, 2.24) is 0 Å². The van der Waals surface area contributed by atoms with E-state index in [1.54, 1.807) is 0 Å². The van der Waals surface area contributed by atoms with E-state index in [1.165, 1.54) is 72.8 Å². The second-order valence-corrected chi connectivity index (χ2v) is 18.8. The Labute approximate surface area is 373 Å². The van der Waals surface area contributed by atoms with Crippen molar-refractivity contribution in [1.29, 1.82) is 0 Å². The smallest absolute Gasteiger partial charge is 0.295 e. The van der Waals surface area contributed by atoms with Gasteiger partial charge in [0.25, 0.3) is 40.5 Å². The third-order valence-electron chi connectivity index (χ3n) is 8.67. The quantitative estimate of drug-likeness (QED) is 0.0261. The Hall–Kier alpha value is -7.70. The first-order chi connectivity index (χ1) is 30.8. The average molecular weight is 981 g/mol. The average Bonchev–Trinajstić information content (AvgIpc) is 3.25. The van der Waals surface area contributed by atoms with Crippen LogP contribution in [0.2, 0.25) is 0 Å². The highest BCUT2D eigenvalue weighted by molar-refractivity contribution is 7.86. The molecule has 340 valence electrons. The minimum atomic E-state index is -5.06. The SMILES string of the molecule is O=S(=O)(O)c1ccc(N=[N+]([O-])c2ccc(N=[N+]([O-])c3ccc(/C=C/c4ccc([N+]([O-])=Nc5ccc([N+]([O-])=Nc6ccc(S(=O)(=O)O)cc6)cc5)cc4S(=O)(=O)O)c(S(=O)(=O)O)c3)cc2)cc1. The van der Waals surface area contributed by atoms with Gasteiger partial charge in [-0.05, 0) is 96.1 Å². The molecule has 0 spiro atoms. The molecule has 0 atom stereocenters. The molecule has 4 N–H and O–H groups in total. The molecule has 6 aromatic rings. The molecule has 24 nitrogen and oxygen atoms in total. The minimum Gasteiger partial charge on any atom is -0.594 e. The molecule has 0 heterocycles. The van der Waals surface area contributed by atoms with Gasteiger partial charge in [-0.2, -0.15) is 33.7 Å². The highest BCUT2D eigenvalue weighted by Crippen LogP contribution is 2.30. The van der Waals surface area contributed by atoms with Crippen LogP contribution in [0, 0.1) is 20.8 Å². The van der Waals surface area contributed by atoms with Gasteiger partial charge in [-0.3, -0.25) is 18.2 Å². The fourth-order valence-corrected chi connectivity index (χ4v) is 7.87. The summed E-state index contributed by atoms with van der Waals surface area (Å²) in [6.45, 7) is 0. The van der Waals surface area contributed by atoms with E-state index in [0.717, 1.165) is 72.8 Å². The van der Waals surface area contributed by atoms with Crippen LogP contribution in [-0.2, 0) is 40.5 Å². The Kier molecular flexibility index (Phi) is 13.6. The molecule has 0 unspecified atom stereocenters. The van der Waals surface area contributed by atoms with E-state index < -0.39 is 71.4 Å². The first-order valence-corrected chi connectivity index (χ1v) is 23.6. The Balaban J connectivity index is 1.19. The zero-order valence-electron chi connectivity index (χ0n) is 32.8. The number of benzene rings is 6. The van der Waals surface area contributed by atoms with Crippen LogP contribution in [0.4, 0.5) is 45.5 Å². The maximum absolute atomic E-state index is 13.0. The lowest BCUT2D eigenvalue weighted by molar-refractivity contribution is -0.436. The first-order valence-electron chi connectivity index (χ1n) is 17.9. The standard InChI is InChI=1S/C38H28N8O16S4/c47-43(39-29-9-19-35(20-10-29)63(51,52)53)31-15-5-27(6-16-31)41-45(49)33-13-3-25(37(23-33)65(57,58)59)1-2-26-4-14-34(24-38(26)66(60,61)62)46(50)42-28-7-17-32(18-8-28)44(48)40-30-11-21-36(22-12-30)64(54,55)56/h1-24H,(H,51,52,53)(H,54,55,56)(H,57,58,59)(H,60,61,62)/b2-1+,43-39?,44-40?,45-41?,46-42?. The van der Waals surface area contributed by atoms with E-state index in [-0.39, 0.29) is 64.7 Å². The molecule has 0 amide bonds. The lowest BCUT2D eigenvalue weighted by atomic mass is 10.1. The fraction of sp³-hybridized carbons (Fsp3) is 0. The second kappa shape index (κ2) is 18.8. The lowest BCUT2D eigenvalue weighted by Gasteiger charge is -2.07. The molecule has 6 rings (SSSR count). The van der Waals surface area contributed by atoms with E-state index in [9.17, 15) is 63.6 Å². The summed E-state index contributed by atoms with van der Waals surface area (Å²) >= 11 is 0. The molecule has 0 aliphatic heterocycles. The Bertz CT molecular complexity index is 3240. The normalized spacial score (nSPS) is 13.6. The molecule has 66 heavy (non-hydrogen) atoms. The van der Waals surface area contributed by atoms with Gasteiger partial charge in [0.1, 0.15) is 32.5 Å². The zero-order valence-corrected chi connectivity index (χ0v) is 36.0. The van der Waals surface area contributed by atoms with Crippen LogP contribution in [0.15, 0.2) is 173 Å². The fourth-order valence-electron chi connectivity index (χ4n) is 5.50. The summed E-state index contributed by atoms with van der Waals surface area (Å²) in [6.07, 6.45) is 2.07. The first kappa shape index (κ1) is 47.8. The molecule has 0 saturated heterocycles. The van der Waals surface area contributed by atoms with Crippen LogP contribution in [0.3, 0.4) is 0 Å². The number of azo groups is 4. The van der Waals surface area contributed by atoms with E-state index in [2.05, 4.69) is 20.5 Å². The van der Waals surface area contributed by atoms with Gasteiger partial charge in [0.2, 0.25) is 22.7 Å². The van der Waals surface area contributed by atoms with Gasteiger partial charge in [0, 0.05) is 69.0 Å². The van der Waals surface area contributed by atoms with Crippen molar-refractivity contribution in [2.45, 2.75) is 19.6 Å². The highest BCUT2D eigenvalue weighted by atomic mass is 32.2. The van der Waals surface area contributed by atoms with E-state index in [0.29, 0.717) is 0 Å². The summed E-state index contributed by atoms with van der Waals surface area (Å²) in [7, 11) is -19.0. The second-order valence-electron chi connectivity index (χ2n) is 13.2. The van der Waals surface area contributed by atoms with Gasteiger partial charge >= 0.3 is 0 Å². The van der Waals surface area contributed by atoms with Crippen molar-refractivity contribution in [2.24, 2.45) is 20.5 Å². The highest BCUT2D eigenvalue weighted by Gasteiger charge is 2.22. The van der Waals surface area contributed by atoms with Gasteiger partial charge < -0.3 is 20.8 Å². The van der Waals surface area contributed by atoms with Crippen LogP contribution in [0.25, 0.3) is 12.2 Å². The van der Waals surface area contributed by atoms with Crippen LogP contribution in [-0.4, -0.2) is 71.3 Å². The van der Waals surface area contributed by atoms with Crippen LogP contribution < -0.4 is 0 Å². The Morgan fingerprint density at radius 1 is 0.348 bits per heavy atom. The van der Waals surface area contributed by atoms with Crippen LogP contribution >= 0.6 is 0 Å². The number of nitrogens with zero attached hydrogens (tertiary/aromatic N) is 8. The molecule has 0 aliphatic rings. The van der Waals surface area contributed by atoms with Gasteiger partial charge in [-0.15, -0.1) is 0 Å². The van der Waals surface area contributed by atoms with Gasteiger partial charge in [-0.25, -0.2) is 0 Å². The molecule has 0 aliphatic carbocycles. The third-order valence-corrected chi connectivity index (χ3v) is 12.2. The maximum Gasteiger partial charge on any atom is 0.295 e. The Morgan fingerprint density at radius 3 is 0.848 bits per heavy atom. The molecule has 0 radical (unpaired) electrons. The third kappa shape index (κ3) is 12.1. The molecule has 0 bridgehead atoms. The topological polar surface area (TPSA) is 371 Å². The summed E-state index contributed by atoms with van der Waals surface area (Å²) in [5.41, 5.74) is -1.37. The monoisotopic (exact) mass is 980 g/mol. The van der Waals surface area contributed by atoms with Crippen molar-refractivity contribution < 1.29 is 71.3 Å². The zero-order chi connectivity index (χ0) is 48.2. The number of hydrogen-bond acceptors (Lipinski definition) is 16. The molecular formula is C38H28N8O16S4. The largest absolute Gasteiger partial charge is 0.594 e. The molecule has 6 aromatic carbocycles. The van der Waals surface area contributed by atoms with Gasteiger partial charge in [-0.1, -0.05) is 31.6 Å². The van der Waals surface area contributed by atoms with Crippen molar-refractivity contribution in [3.63, 3.8) is 0 Å². The number of hydrogen-bond donors (Lipinski definition) is 4. The van der Waals surface area contributed by atoms with Gasteiger partial charge in [0.15, 0.2) is 0 Å².